The van der Waals surface area contributed by atoms with Crippen LogP contribution in [0.15, 0.2) is 45.4 Å². The maximum absolute atomic E-state index is 11.7. The second-order valence-corrected chi connectivity index (χ2v) is 6.32. The molecule has 9 nitrogen and oxygen atoms in total. The predicted molar refractivity (Wildman–Crippen MR) is 98.5 cm³/mol. The molecule has 0 aliphatic carbocycles. The first-order chi connectivity index (χ1) is 13.1. The van der Waals surface area contributed by atoms with Gasteiger partial charge in [0.2, 0.25) is 0 Å². The summed E-state index contributed by atoms with van der Waals surface area (Å²) in [5.41, 5.74) is 0.768. The van der Waals surface area contributed by atoms with E-state index >= 15 is 0 Å². The lowest BCUT2D eigenvalue weighted by atomic mass is 10.2. The molecular formula is C17H17N3O6S. The van der Waals surface area contributed by atoms with E-state index in [0.717, 1.165) is 23.4 Å². The monoisotopic (exact) mass is 391 g/mol. The van der Waals surface area contributed by atoms with Crippen molar-refractivity contribution in [2.45, 2.75) is 6.29 Å². The van der Waals surface area contributed by atoms with E-state index in [1.54, 1.807) is 6.07 Å². The topological polar surface area (TPSA) is 108 Å². The number of ether oxygens (including phenoxy) is 4. The molecule has 142 valence electrons. The molecule has 0 atom stereocenters. The molecule has 3 rings (SSSR count). The summed E-state index contributed by atoms with van der Waals surface area (Å²) in [6.07, 6.45) is 2.28. The number of esters is 1. The van der Waals surface area contributed by atoms with E-state index in [4.69, 9.17) is 14.2 Å². The summed E-state index contributed by atoms with van der Waals surface area (Å²) in [5.74, 6) is -0.383. The summed E-state index contributed by atoms with van der Waals surface area (Å²) in [7, 11) is 1.24. The van der Waals surface area contributed by atoms with Crippen molar-refractivity contribution in [3.05, 3.63) is 40.8 Å². The summed E-state index contributed by atoms with van der Waals surface area (Å²) < 4.78 is 20.7. The van der Waals surface area contributed by atoms with Gasteiger partial charge in [0.25, 0.3) is 5.91 Å². The third kappa shape index (κ3) is 5.64. The number of rotatable bonds is 6. The number of hydrogen-bond donors (Lipinski definition) is 1. The first-order valence-corrected chi connectivity index (χ1v) is 8.81. The molecule has 10 heteroatoms. The highest BCUT2D eigenvalue weighted by molar-refractivity contribution is 8.18. The van der Waals surface area contributed by atoms with Crippen LogP contribution >= 0.6 is 11.8 Å². The van der Waals surface area contributed by atoms with Gasteiger partial charge in [0.05, 0.1) is 31.4 Å². The Morgan fingerprint density at radius 2 is 2.22 bits per heavy atom. The zero-order valence-corrected chi connectivity index (χ0v) is 15.2. The van der Waals surface area contributed by atoms with Crippen LogP contribution in [0.4, 0.5) is 0 Å². The van der Waals surface area contributed by atoms with E-state index in [2.05, 4.69) is 20.3 Å². The summed E-state index contributed by atoms with van der Waals surface area (Å²) >= 11 is 1.01. The van der Waals surface area contributed by atoms with Crippen LogP contribution in [0, 0.1) is 0 Å². The molecule has 2 aliphatic rings. The van der Waals surface area contributed by atoms with Gasteiger partial charge in [-0.3, -0.25) is 10.1 Å². The van der Waals surface area contributed by atoms with Gasteiger partial charge < -0.3 is 18.9 Å². The number of methoxy groups -OCH3 is 1. The Bertz CT molecular complexity index is 802. The van der Waals surface area contributed by atoms with Crippen molar-refractivity contribution in [3.8, 4) is 5.75 Å². The maximum Gasteiger partial charge on any atom is 0.331 e. The van der Waals surface area contributed by atoms with Crippen LogP contribution in [0.5, 0.6) is 5.75 Å². The number of amides is 1. The van der Waals surface area contributed by atoms with Gasteiger partial charge in [-0.1, -0.05) is 12.1 Å². The van der Waals surface area contributed by atoms with Gasteiger partial charge in [-0.15, -0.1) is 5.10 Å². The van der Waals surface area contributed by atoms with Crippen molar-refractivity contribution in [3.63, 3.8) is 0 Å². The first-order valence-electron chi connectivity index (χ1n) is 8.00. The standard InChI is InChI=1S/C17H17N3O6S/c1-23-14(21)8-13-16(22)19-17(27-13)20-18-9-11-3-2-4-12(7-11)26-10-15-24-5-6-25-15/h2-4,7-9,15H,5-6,10H2,1H3,(H,19,20,22)/b13-8+,18-9?. The number of carbonyl (C=O) groups excluding carboxylic acids is 2. The number of nitrogens with zero attached hydrogens (tertiary/aromatic N) is 2. The van der Waals surface area contributed by atoms with Crippen LogP contribution in [-0.4, -0.2) is 56.5 Å². The van der Waals surface area contributed by atoms with Gasteiger partial charge in [0.1, 0.15) is 12.4 Å². The number of amidine groups is 1. The summed E-state index contributed by atoms with van der Waals surface area (Å²) in [4.78, 5) is 23.1. The van der Waals surface area contributed by atoms with Gasteiger partial charge >= 0.3 is 5.97 Å². The molecule has 0 bridgehead atoms. The van der Waals surface area contributed by atoms with E-state index < -0.39 is 11.9 Å². The van der Waals surface area contributed by atoms with Crippen molar-refractivity contribution in [1.82, 2.24) is 5.32 Å². The summed E-state index contributed by atoms with van der Waals surface area (Å²) in [5, 5.41) is 10.7. The van der Waals surface area contributed by atoms with Crippen molar-refractivity contribution in [1.29, 1.82) is 0 Å². The summed E-state index contributed by atoms with van der Waals surface area (Å²) in [6, 6.07) is 7.27. The zero-order chi connectivity index (χ0) is 19.1. The average molecular weight is 391 g/mol. The van der Waals surface area contributed by atoms with Crippen LogP contribution in [0.1, 0.15) is 5.56 Å². The van der Waals surface area contributed by atoms with E-state index in [1.165, 1.54) is 13.3 Å². The second kappa shape index (κ2) is 9.31. The molecule has 1 aromatic carbocycles. The molecule has 1 N–H and O–H groups in total. The Morgan fingerprint density at radius 1 is 1.41 bits per heavy atom. The molecule has 0 spiro atoms. The lowest BCUT2D eigenvalue weighted by Crippen LogP contribution is -2.19. The first kappa shape index (κ1) is 19.1. The van der Waals surface area contributed by atoms with E-state index in [9.17, 15) is 9.59 Å². The molecule has 2 fully saturated rings. The number of thioether (sulfide) groups is 1. The van der Waals surface area contributed by atoms with E-state index in [1.807, 2.05) is 18.2 Å². The molecule has 0 aromatic heterocycles. The van der Waals surface area contributed by atoms with Crippen LogP contribution in [0.25, 0.3) is 0 Å². The molecule has 0 unspecified atom stereocenters. The number of benzene rings is 1. The van der Waals surface area contributed by atoms with Crippen molar-refractivity contribution in [2.75, 3.05) is 26.9 Å². The highest BCUT2D eigenvalue weighted by Crippen LogP contribution is 2.23. The Balaban J connectivity index is 1.57. The number of hydrogen-bond acceptors (Lipinski definition) is 9. The van der Waals surface area contributed by atoms with Gasteiger partial charge in [-0.25, -0.2) is 4.79 Å². The fraction of sp³-hybridized carbons (Fsp3) is 0.294. The smallest absolute Gasteiger partial charge is 0.331 e. The molecule has 2 heterocycles. The SMILES string of the molecule is COC(=O)/C=C1/S/C(=N\N=Cc2cccc(OCC3OCCO3)c2)NC1=O. The molecule has 0 saturated carbocycles. The van der Waals surface area contributed by atoms with Crippen LogP contribution in [0.2, 0.25) is 0 Å². The molecular weight excluding hydrogens is 374 g/mol. The Morgan fingerprint density at radius 3 is 3.00 bits per heavy atom. The maximum atomic E-state index is 11.7. The van der Waals surface area contributed by atoms with Crippen molar-refractivity contribution in [2.24, 2.45) is 10.2 Å². The largest absolute Gasteiger partial charge is 0.488 e. The Labute approximate surface area is 159 Å². The van der Waals surface area contributed by atoms with E-state index in [0.29, 0.717) is 25.6 Å². The molecule has 1 aromatic rings. The van der Waals surface area contributed by atoms with E-state index in [-0.39, 0.29) is 16.4 Å². The average Bonchev–Trinajstić information content (AvgIpc) is 3.30. The highest BCUT2D eigenvalue weighted by Gasteiger charge is 2.25. The quantitative estimate of drug-likeness (QED) is 0.334. The Hall–Kier alpha value is -2.69. The zero-order valence-electron chi connectivity index (χ0n) is 14.4. The minimum atomic E-state index is -0.609. The van der Waals surface area contributed by atoms with Crippen LogP contribution < -0.4 is 10.1 Å². The van der Waals surface area contributed by atoms with Crippen LogP contribution in [-0.2, 0) is 23.8 Å². The van der Waals surface area contributed by atoms with Gasteiger partial charge in [0.15, 0.2) is 11.5 Å². The highest BCUT2D eigenvalue weighted by atomic mass is 32.2. The van der Waals surface area contributed by atoms with Gasteiger partial charge in [-0.05, 0) is 29.5 Å². The normalized spacial score (nSPS) is 20.6. The van der Waals surface area contributed by atoms with Crippen LogP contribution in [0.3, 0.4) is 0 Å². The minimum Gasteiger partial charge on any atom is -0.488 e. The minimum absolute atomic E-state index is 0.197. The summed E-state index contributed by atoms with van der Waals surface area (Å²) in [6.45, 7) is 1.46. The lowest BCUT2D eigenvalue weighted by molar-refractivity contribution is -0.135. The van der Waals surface area contributed by atoms with Gasteiger partial charge in [-0.2, -0.15) is 5.10 Å². The molecule has 2 aliphatic heterocycles. The van der Waals surface area contributed by atoms with Gasteiger partial charge in [0, 0.05) is 6.08 Å². The molecule has 27 heavy (non-hydrogen) atoms. The van der Waals surface area contributed by atoms with Crippen molar-refractivity contribution < 1.29 is 28.5 Å². The fourth-order valence-electron chi connectivity index (χ4n) is 2.14. The molecule has 1 amide bonds. The predicted octanol–water partition coefficient (Wildman–Crippen LogP) is 1.05. The lowest BCUT2D eigenvalue weighted by Gasteiger charge is -2.11. The third-order valence-corrected chi connectivity index (χ3v) is 4.29. The second-order valence-electron chi connectivity index (χ2n) is 5.29. The van der Waals surface area contributed by atoms with Crippen molar-refractivity contribution >= 4 is 35.0 Å². The molecule has 2 saturated heterocycles. The Kier molecular flexibility index (Phi) is 6.58. The number of carbonyl (C=O) groups is 2. The fourth-order valence-corrected chi connectivity index (χ4v) is 2.88. The number of nitrogens with one attached hydrogen (secondary N) is 1. The molecule has 0 radical (unpaired) electrons. The third-order valence-electron chi connectivity index (χ3n) is 3.39.